The molecular weight excluding hydrogens is 514 g/mol. The summed E-state index contributed by atoms with van der Waals surface area (Å²) in [7, 11) is 0. The molecule has 3 aromatic carbocycles. The van der Waals surface area contributed by atoms with Crippen LogP contribution in [-0.4, -0.2) is 14.5 Å². The molecule has 148 valence electrons. The molecule has 30 heavy (non-hydrogen) atoms. The Labute approximate surface area is 187 Å². The molecule has 0 amide bonds. The Kier molecular flexibility index (Phi) is 5.61. The van der Waals surface area contributed by atoms with Crippen LogP contribution in [0.2, 0.25) is 0 Å². The topological polar surface area (TPSA) is 78.0 Å². The molecule has 0 saturated heterocycles. The van der Waals surface area contributed by atoms with Gasteiger partial charge in [0.25, 0.3) is 11.2 Å². The molecule has 0 atom stereocenters. The molecule has 1 heterocycles. The number of nitro groups is 1. The number of hydrogen-bond donors (Lipinski definition) is 0. The maximum Gasteiger partial charge on any atom is 0.276 e. The third-order valence-corrected chi connectivity index (χ3v) is 5.66. The minimum atomic E-state index is -0.439. The van der Waals surface area contributed by atoms with Crippen molar-refractivity contribution < 1.29 is 4.92 Å². The molecule has 0 aliphatic carbocycles. The lowest BCUT2D eigenvalue weighted by molar-refractivity contribution is -0.385. The molecule has 8 heteroatoms. The number of aromatic nitrogens is 2. The summed E-state index contributed by atoms with van der Waals surface area (Å²) in [6.07, 6.45) is 3.21. The van der Waals surface area contributed by atoms with E-state index in [1.807, 2.05) is 24.3 Å². The number of nitro benzene ring substituents is 1. The van der Waals surface area contributed by atoms with Gasteiger partial charge in [-0.05, 0) is 64.5 Å². The normalized spacial score (nSPS) is 11.3. The van der Waals surface area contributed by atoms with E-state index >= 15 is 0 Å². The average molecular weight is 527 g/mol. The predicted octanol–water partition coefficient (Wildman–Crippen LogP) is 5.99. The number of hydrogen-bond acceptors (Lipinski definition) is 4. The second kappa shape index (κ2) is 8.33. The van der Waals surface area contributed by atoms with E-state index in [4.69, 9.17) is 0 Å². The number of rotatable bonds is 4. The lowest BCUT2D eigenvalue weighted by atomic mass is 10.1. The lowest BCUT2D eigenvalue weighted by Crippen LogP contribution is -2.22. The first kappa shape index (κ1) is 20.2. The zero-order valence-corrected chi connectivity index (χ0v) is 18.5. The second-order valence-electron chi connectivity index (χ2n) is 6.37. The predicted molar refractivity (Wildman–Crippen MR) is 125 cm³/mol. The summed E-state index contributed by atoms with van der Waals surface area (Å²) in [6, 6.07) is 19.0. The summed E-state index contributed by atoms with van der Waals surface area (Å²) < 4.78 is 3.00. The summed E-state index contributed by atoms with van der Waals surface area (Å²) >= 11 is 6.95. The van der Waals surface area contributed by atoms with Gasteiger partial charge < -0.3 is 0 Å². The molecule has 0 aliphatic rings. The van der Waals surface area contributed by atoms with Crippen molar-refractivity contribution in [1.82, 2.24) is 9.55 Å². The van der Waals surface area contributed by atoms with Crippen LogP contribution in [0.15, 0.2) is 80.5 Å². The molecule has 0 N–H and O–H groups in total. The first-order valence-electron chi connectivity index (χ1n) is 8.84. The molecular formula is C22H13Br2N3O3. The van der Waals surface area contributed by atoms with Gasteiger partial charge in [0.05, 0.1) is 27.1 Å². The van der Waals surface area contributed by atoms with E-state index in [2.05, 4.69) is 36.8 Å². The highest BCUT2D eigenvalue weighted by Gasteiger charge is 2.15. The van der Waals surface area contributed by atoms with Crippen LogP contribution < -0.4 is 5.56 Å². The molecule has 4 rings (SSSR count). The molecule has 0 radical (unpaired) electrons. The van der Waals surface area contributed by atoms with E-state index in [1.165, 1.54) is 10.6 Å². The van der Waals surface area contributed by atoms with Crippen LogP contribution in [0.5, 0.6) is 0 Å². The fourth-order valence-corrected chi connectivity index (χ4v) is 3.88. The second-order valence-corrected chi connectivity index (χ2v) is 8.14. The first-order valence-corrected chi connectivity index (χ1v) is 10.4. The van der Waals surface area contributed by atoms with Crippen LogP contribution in [0, 0.1) is 10.1 Å². The van der Waals surface area contributed by atoms with Crippen molar-refractivity contribution in [3.05, 3.63) is 108 Å². The Hall–Kier alpha value is -3.10. The number of nitrogens with zero attached hydrogens (tertiary/aromatic N) is 3. The van der Waals surface area contributed by atoms with Crippen LogP contribution in [0.3, 0.4) is 0 Å². The average Bonchev–Trinajstić information content (AvgIpc) is 2.74. The van der Waals surface area contributed by atoms with Gasteiger partial charge in [-0.3, -0.25) is 19.5 Å². The molecule has 0 bridgehead atoms. The standard InChI is InChI=1S/C22H13Br2N3O3/c23-15-10-11-17(24)20(13-15)26-21(25-18-7-3-2-6-16(18)22(26)28)12-9-14-5-1-4-8-19(14)27(29)30/h1-13H/b12-9+. The van der Waals surface area contributed by atoms with Crippen molar-refractivity contribution in [3.63, 3.8) is 0 Å². The van der Waals surface area contributed by atoms with Crippen LogP contribution in [0.4, 0.5) is 5.69 Å². The van der Waals surface area contributed by atoms with Crippen molar-refractivity contribution >= 4 is 60.6 Å². The highest BCUT2D eigenvalue weighted by Crippen LogP contribution is 2.27. The number of benzene rings is 3. The minimum absolute atomic E-state index is 0.0212. The Balaban J connectivity index is 1.99. The van der Waals surface area contributed by atoms with E-state index in [0.29, 0.717) is 32.5 Å². The number of fused-ring (bicyclic) bond motifs is 1. The van der Waals surface area contributed by atoms with Gasteiger partial charge in [0.2, 0.25) is 0 Å². The summed E-state index contributed by atoms with van der Waals surface area (Å²) in [5.41, 5.74) is 1.32. The highest BCUT2D eigenvalue weighted by molar-refractivity contribution is 9.11. The first-order chi connectivity index (χ1) is 14.5. The Morgan fingerprint density at radius 3 is 2.50 bits per heavy atom. The summed E-state index contributed by atoms with van der Waals surface area (Å²) in [4.78, 5) is 28.9. The van der Waals surface area contributed by atoms with Crippen molar-refractivity contribution in [2.24, 2.45) is 0 Å². The van der Waals surface area contributed by atoms with E-state index in [9.17, 15) is 14.9 Å². The van der Waals surface area contributed by atoms with Crippen LogP contribution in [0.25, 0.3) is 28.7 Å². The molecule has 1 aromatic heterocycles. The zero-order chi connectivity index (χ0) is 21.3. The quantitative estimate of drug-likeness (QED) is 0.242. The van der Waals surface area contributed by atoms with Gasteiger partial charge in [0.15, 0.2) is 0 Å². The zero-order valence-electron chi connectivity index (χ0n) is 15.3. The van der Waals surface area contributed by atoms with Crippen LogP contribution in [-0.2, 0) is 0 Å². The van der Waals surface area contributed by atoms with Gasteiger partial charge in [-0.25, -0.2) is 4.98 Å². The highest BCUT2D eigenvalue weighted by atomic mass is 79.9. The van der Waals surface area contributed by atoms with Crippen LogP contribution >= 0.6 is 31.9 Å². The van der Waals surface area contributed by atoms with E-state index in [0.717, 1.165) is 4.47 Å². The van der Waals surface area contributed by atoms with Crippen LogP contribution in [0.1, 0.15) is 11.4 Å². The third-order valence-electron chi connectivity index (χ3n) is 4.50. The third kappa shape index (κ3) is 3.83. The molecule has 0 unspecified atom stereocenters. The van der Waals surface area contributed by atoms with Gasteiger partial charge in [-0.15, -0.1) is 0 Å². The van der Waals surface area contributed by atoms with Gasteiger partial charge in [0, 0.05) is 15.0 Å². The molecule has 0 spiro atoms. The Morgan fingerprint density at radius 2 is 1.70 bits per heavy atom. The van der Waals surface area contributed by atoms with Gasteiger partial charge in [0.1, 0.15) is 5.82 Å². The number of halogens is 2. The SMILES string of the molecule is O=c1c2ccccc2nc(/C=C/c2ccccc2[N+](=O)[O-])n1-c1cc(Br)ccc1Br. The fourth-order valence-electron chi connectivity index (χ4n) is 3.11. The van der Waals surface area contributed by atoms with Crippen molar-refractivity contribution in [3.8, 4) is 5.69 Å². The summed E-state index contributed by atoms with van der Waals surface area (Å²) in [6.45, 7) is 0. The summed E-state index contributed by atoms with van der Waals surface area (Å²) in [5.74, 6) is 0.357. The molecule has 0 aliphatic heterocycles. The minimum Gasteiger partial charge on any atom is -0.268 e. The van der Waals surface area contributed by atoms with Crippen molar-refractivity contribution in [1.29, 1.82) is 0 Å². The lowest BCUT2D eigenvalue weighted by Gasteiger charge is -2.13. The monoisotopic (exact) mass is 525 g/mol. The van der Waals surface area contributed by atoms with Gasteiger partial charge in [-0.2, -0.15) is 0 Å². The fraction of sp³-hybridized carbons (Fsp3) is 0. The number of para-hydroxylation sites is 2. The Bertz CT molecular complexity index is 1380. The van der Waals surface area contributed by atoms with Gasteiger partial charge >= 0.3 is 0 Å². The molecule has 0 saturated carbocycles. The molecule has 6 nitrogen and oxygen atoms in total. The van der Waals surface area contributed by atoms with E-state index in [1.54, 1.807) is 48.6 Å². The van der Waals surface area contributed by atoms with E-state index in [-0.39, 0.29) is 11.2 Å². The largest absolute Gasteiger partial charge is 0.276 e. The maximum atomic E-state index is 13.3. The molecule has 0 fully saturated rings. The molecule has 4 aromatic rings. The summed E-state index contributed by atoms with van der Waals surface area (Å²) in [5, 5.41) is 11.8. The maximum absolute atomic E-state index is 13.3. The van der Waals surface area contributed by atoms with Gasteiger partial charge in [-0.1, -0.05) is 40.2 Å². The van der Waals surface area contributed by atoms with Crippen molar-refractivity contribution in [2.75, 3.05) is 0 Å². The van der Waals surface area contributed by atoms with E-state index < -0.39 is 4.92 Å². The van der Waals surface area contributed by atoms with Crippen molar-refractivity contribution in [2.45, 2.75) is 0 Å². The Morgan fingerprint density at radius 1 is 0.967 bits per heavy atom. The smallest absolute Gasteiger partial charge is 0.268 e.